The van der Waals surface area contributed by atoms with Crippen LogP contribution in [0.3, 0.4) is 0 Å². The number of benzene rings is 1. The van der Waals surface area contributed by atoms with Crippen LogP contribution in [-0.2, 0) is 16.1 Å². The number of likely N-dealkylation sites (tertiary alicyclic amines) is 1. The fourth-order valence-electron chi connectivity index (χ4n) is 4.26. The highest BCUT2D eigenvalue weighted by Crippen LogP contribution is 2.26. The summed E-state index contributed by atoms with van der Waals surface area (Å²) in [6.45, 7) is 4.20. The molecular formula is C22H32N2O2. The van der Waals surface area contributed by atoms with Crippen LogP contribution in [0.2, 0.25) is 0 Å². The van der Waals surface area contributed by atoms with E-state index in [2.05, 4.69) is 30.0 Å². The Labute approximate surface area is 157 Å². The van der Waals surface area contributed by atoms with Gasteiger partial charge in [-0.3, -0.25) is 9.59 Å². The average molecular weight is 357 g/mol. The van der Waals surface area contributed by atoms with Gasteiger partial charge >= 0.3 is 0 Å². The average Bonchev–Trinajstić information content (AvgIpc) is 3.09. The molecule has 1 aliphatic heterocycles. The van der Waals surface area contributed by atoms with Gasteiger partial charge in [-0.25, -0.2) is 0 Å². The molecule has 4 heteroatoms. The van der Waals surface area contributed by atoms with Gasteiger partial charge in [-0.2, -0.15) is 0 Å². The van der Waals surface area contributed by atoms with E-state index in [1.807, 2.05) is 11.0 Å². The molecule has 0 spiro atoms. The molecule has 26 heavy (non-hydrogen) atoms. The van der Waals surface area contributed by atoms with Crippen molar-refractivity contribution in [3.8, 4) is 0 Å². The minimum Gasteiger partial charge on any atom is -0.342 e. The highest BCUT2D eigenvalue weighted by Gasteiger charge is 2.27. The van der Waals surface area contributed by atoms with Gasteiger partial charge in [0.1, 0.15) is 0 Å². The summed E-state index contributed by atoms with van der Waals surface area (Å²) in [6, 6.07) is 8.70. The summed E-state index contributed by atoms with van der Waals surface area (Å²) in [5.41, 5.74) is 2.48. The molecule has 2 aliphatic rings. The first-order valence-electron chi connectivity index (χ1n) is 10.3. The Morgan fingerprint density at radius 3 is 2.65 bits per heavy atom. The molecule has 3 rings (SSSR count). The maximum Gasteiger partial charge on any atom is 0.224 e. The van der Waals surface area contributed by atoms with Gasteiger partial charge in [0.05, 0.1) is 0 Å². The number of rotatable bonds is 6. The van der Waals surface area contributed by atoms with E-state index < -0.39 is 0 Å². The van der Waals surface area contributed by atoms with E-state index in [0.717, 1.165) is 38.6 Å². The molecular weight excluding hydrogens is 324 g/mol. The van der Waals surface area contributed by atoms with Crippen LogP contribution in [0.25, 0.3) is 0 Å². The molecule has 2 amide bonds. The Hall–Kier alpha value is -1.84. The number of carbonyl (C=O) groups excluding carboxylic acids is 2. The van der Waals surface area contributed by atoms with Gasteiger partial charge < -0.3 is 9.80 Å². The molecule has 0 bridgehead atoms. The van der Waals surface area contributed by atoms with E-state index in [1.165, 1.54) is 24.0 Å². The number of amides is 2. The molecule has 2 fully saturated rings. The summed E-state index contributed by atoms with van der Waals surface area (Å²) in [5.74, 6) is 0.429. The van der Waals surface area contributed by atoms with Gasteiger partial charge in [-0.05, 0) is 43.7 Å². The molecule has 4 nitrogen and oxygen atoms in total. The third-order valence-electron chi connectivity index (χ3n) is 5.95. The Kier molecular flexibility index (Phi) is 6.70. The standard InChI is InChI=1S/C22H32N2O2/c1-18-9-4-5-10-19(18)17-24(20-11-6-7-12-20)22(26)14-16-23-15-8-2-3-13-21(23)25/h4-5,9-10,20H,2-3,6-8,11-17H2,1H3. The zero-order valence-corrected chi connectivity index (χ0v) is 16.1. The Morgan fingerprint density at radius 2 is 1.88 bits per heavy atom. The highest BCUT2D eigenvalue weighted by molar-refractivity contribution is 5.79. The Bertz CT molecular complexity index is 622. The van der Waals surface area contributed by atoms with E-state index in [1.54, 1.807) is 0 Å². The largest absolute Gasteiger partial charge is 0.342 e. The molecule has 1 aliphatic carbocycles. The number of aryl methyl sites for hydroxylation is 1. The van der Waals surface area contributed by atoms with Crippen molar-refractivity contribution in [2.75, 3.05) is 13.1 Å². The fraction of sp³-hybridized carbons (Fsp3) is 0.636. The third kappa shape index (κ3) is 4.87. The summed E-state index contributed by atoms with van der Waals surface area (Å²) in [6.07, 6.45) is 8.93. The Balaban J connectivity index is 1.64. The summed E-state index contributed by atoms with van der Waals surface area (Å²) in [4.78, 5) is 29.3. The van der Waals surface area contributed by atoms with Crippen LogP contribution in [0.4, 0.5) is 0 Å². The summed E-state index contributed by atoms with van der Waals surface area (Å²) in [5, 5.41) is 0. The van der Waals surface area contributed by atoms with Crippen molar-refractivity contribution in [1.29, 1.82) is 0 Å². The molecule has 0 N–H and O–H groups in total. The van der Waals surface area contributed by atoms with E-state index >= 15 is 0 Å². The second-order valence-electron chi connectivity index (χ2n) is 7.83. The molecule has 0 radical (unpaired) electrons. The van der Waals surface area contributed by atoms with Crippen LogP contribution in [0, 0.1) is 6.92 Å². The number of nitrogens with zero attached hydrogens (tertiary/aromatic N) is 2. The first-order valence-corrected chi connectivity index (χ1v) is 10.3. The van der Waals surface area contributed by atoms with E-state index in [4.69, 9.17) is 0 Å². The van der Waals surface area contributed by atoms with E-state index in [-0.39, 0.29) is 11.8 Å². The predicted octanol–water partition coefficient (Wildman–Crippen LogP) is 4.06. The molecule has 1 aromatic rings. The zero-order chi connectivity index (χ0) is 18.4. The lowest BCUT2D eigenvalue weighted by atomic mass is 10.1. The SMILES string of the molecule is Cc1ccccc1CN(C(=O)CCN1CCCCCC1=O)C1CCCC1. The highest BCUT2D eigenvalue weighted by atomic mass is 16.2. The normalized spacial score (nSPS) is 18.8. The van der Waals surface area contributed by atoms with Crippen LogP contribution in [0.1, 0.15) is 68.9 Å². The van der Waals surface area contributed by atoms with Crippen LogP contribution >= 0.6 is 0 Å². The van der Waals surface area contributed by atoms with Gasteiger partial charge in [-0.15, -0.1) is 0 Å². The molecule has 0 unspecified atom stereocenters. The van der Waals surface area contributed by atoms with Crippen molar-refractivity contribution < 1.29 is 9.59 Å². The molecule has 1 saturated carbocycles. The number of carbonyl (C=O) groups is 2. The second-order valence-corrected chi connectivity index (χ2v) is 7.83. The zero-order valence-electron chi connectivity index (χ0n) is 16.1. The lowest BCUT2D eigenvalue weighted by Crippen LogP contribution is -2.41. The minimum absolute atomic E-state index is 0.206. The molecule has 1 heterocycles. The molecule has 0 aromatic heterocycles. The maximum atomic E-state index is 13.1. The van der Waals surface area contributed by atoms with Crippen molar-refractivity contribution >= 4 is 11.8 Å². The summed E-state index contributed by atoms with van der Waals surface area (Å²) in [7, 11) is 0. The lowest BCUT2D eigenvalue weighted by molar-refractivity contribution is -0.136. The van der Waals surface area contributed by atoms with Crippen molar-refractivity contribution in [2.24, 2.45) is 0 Å². The van der Waals surface area contributed by atoms with Gasteiger partial charge in [0.15, 0.2) is 0 Å². The van der Waals surface area contributed by atoms with Crippen molar-refractivity contribution in [1.82, 2.24) is 9.80 Å². The number of hydrogen-bond acceptors (Lipinski definition) is 2. The Morgan fingerprint density at radius 1 is 1.12 bits per heavy atom. The van der Waals surface area contributed by atoms with Crippen molar-refractivity contribution in [3.63, 3.8) is 0 Å². The summed E-state index contributed by atoms with van der Waals surface area (Å²) < 4.78 is 0. The van der Waals surface area contributed by atoms with Crippen LogP contribution in [-0.4, -0.2) is 40.7 Å². The monoisotopic (exact) mass is 356 g/mol. The lowest BCUT2D eigenvalue weighted by Gasteiger charge is -2.31. The third-order valence-corrected chi connectivity index (χ3v) is 5.95. The van der Waals surface area contributed by atoms with Gasteiger partial charge in [-0.1, -0.05) is 43.5 Å². The van der Waals surface area contributed by atoms with Crippen LogP contribution in [0.5, 0.6) is 0 Å². The predicted molar refractivity (Wildman–Crippen MR) is 104 cm³/mol. The molecule has 1 saturated heterocycles. The molecule has 142 valence electrons. The van der Waals surface area contributed by atoms with E-state index in [9.17, 15) is 9.59 Å². The maximum absolute atomic E-state index is 13.1. The minimum atomic E-state index is 0.206. The second kappa shape index (κ2) is 9.20. The van der Waals surface area contributed by atoms with Crippen molar-refractivity contribution in [3.05, 3.63) is 35.4 Å². The molecule has 0 atom stereocenters. The van der Waals surface area contributed by atoms with Gasteiger partial charge in [0.25, 0.3) is 0 Å². The first kappa shape index (κ1) is 18.9. The van der Waals surface area contributed by atoms with Crippen LogP contribution < -0.4 is 0 Å². The molecule has 1 aromatic carbocycles. The first-order chi connectivity index (χ1) is 12.6. The van der Waals surface area contributed by atoms with Crippen molar-refractivity contribution in [2.45, 2.75) is 77.3 Å². The summed E-state index contributed by atoms with van der Waals surface area (Å²) >= 11 is 0. The number of hydrogen-bond donors (Lipinski definition) is 0. The quantitative estimate of drug-likeness (QED) is 0.771. The van der Waals surface area contributed by atoms with E-state index in [0.29, 0.717) is 32.0 Å². The van der Waals surface area contributed by atoms with Gasteiger partial charge in [0.2, 0.25) is 11.8 Å². The van der Waals surface area contributed by atoms with Gasteiger partial charge in [0, 0.05) is 38.5 Å². The smallest absolute Gasteiger partial charge is 0.224 e. The topological polar surface area (TPSA) is 40.6 Å². The fourth-order valence-corrected chi connectivity index (χ4v) is 4.26. The van der Waals surface area contributed by atoms with Crippen LogP contribution in [0.15, 0.2) is 24.3 Å².